The van der Waals surface area contributed by atoms with Crippen LogP contribution >= 0.6 is 0 Å². The van der Waals surface area contributed by atoms with Crippen molar-refractivity contribution in [3.63, 3.8) is 0 Å². The minimum absolute atomic E-state index is 0.0964. The minimum atomic E-state index is -0.233. The molecule has 1 fully saturated rings. The molecule has 0 aromatic rings. The first-order valence-electron chi connectivity index (χ1n) is 4.20. The monoisotopic (exact) mass is 160 g/mol. The van der Waals surface area contributed by atoms with Gasteiger partial charge in [-0.25, -0.2) is 0 Å². The molecule has 1 saturated heterocycles. The molecule has 2 N–H and O–H groups in total. The summed E-state index contributed by atoms with van der Waals surface area (Å²) in [7, 11) is 2.06. The lowest BCUT2D eigenvalue weighted by Gasteiger charge is -2.22. The third kappa shape index (κ3) is 2.42. The van der Waals surface area contributed by atoms with Crippen molar-refractivity contribution < 1.29 is 4.39 Å². The summed E-state index contributed by atoms with van der Waals surface area (Å²) in [6.07, 6.45) is 2.46. The van der Waals surface area contributed by atoms with Gasteiger partial charge in [-0.1, -0.05) is 0 Å². The van der Waals surface area contributed by atoms with Crippen LogP contribution in [0, 0.1) is 0 Å². The number of likely N-dealkylation sites (N-methyl/N-ethyl adjacent to an activating group) is 1. The fraction of sp³-hybridized carbons (Fsp3) is 1.00. The smallest absolute Gasteiger partial charge is 0.0895 e. The van der Waals surface area contributed by atoms with E-state index in [1.807, 2.05) is 0 Å². The molecule has 0 saturated carbocycles. The maximum Gasteiger partial charge on any atom is 0.0895 e. The van der Waals surface area contributed by atoms with Crippen molar-refractivity contribution in [2.24, 2.45) is 5.73 Å². The molecule has 1 aliphatic rings. The van der Waals surface area contributed by atoms with E-state index in [2.05, 4.69) is 11.9 Å². The van der Waals surface area contributed by atoms with E-state index in [0.29, 0.717) is 6.42 Å². The molecule has 3 heteroatoms. The lowest BCUT2D eigenvalue weighted by atomic mass is 9.94. The van der Waals surface area contributed by atoms with Crippen LogP contribution in [0.25, 0.3) is 0 Å². The predicted octanol–water partition coefficient (Wildman–Crippen LogP) is 0.769. The van der Waals surface area contributed by atoms with Gasteiger partial charge in [0.1, 0.15) is 0 Å². The van der Waals surface area contributed by atoms with Gasteiger partial charge in [0.2, 0.25) is 0 Å². The highest BCUT2D eigenvalue weighted by Crippen LogP contribution is 2.21. The van der Waals surface area contributed by atoms with Crippen molar-refractivity contribution in [1.82, 2.24) is 4.90 Å². The summed E-state index contributed by atoms with van der Waals surface area (Å²) in [5.41, 5.74) is 5.93. The average Bonchev–Trinajstić information content (AvgIpc) is 2.28. The Morgan fingerprint density at radius 1 is 1.64 bits per heavy atom. The summed E-state index contributed by atoms with van der Waals surface area (Å²) in [5, 5.41) is 0. The molecule has 0 aliphatic carbocycles. The number of nitrogens with zero attached hydrogens (tertiary/aromatic N) is 1. The van der Waals surface area contributed by atoms with Gasteiger partial charge in [0.25, 0.3) is 0 Å². The number of hydrogen-bond acceptors (Lipinski definition) is 2. The Morgan fingerprint density at radius 3 is 2.82 bits per heavy atom. The third-order valence-corrected chi connectivity index (χ3v) is 2.38. The van der Waals surface area contributed by atoms with Gasteiger partial charge in [-0.05, 0) is 32.9 Å². The molecule has 66 valence electrons. The highest BCUT2D eigenvalue weighted by molar-refractivity contribution is 4.92. The van der Waals surface area contributed by atoms with E-state index in [4.69, 9.17) is 5.73 Å². The first-order valence-corrected chi connectivity index (χ1v) is 4.20. The Morgan fingerprint density at radius 2 is 2.36 bits per heavy atom. The first-order chi connectivity index (χ1) is 5.16. The van der Waals surface area contributed by atoms with Gasteiger partial charge in [-0.15, -0.1) is 0 Å². The van der Waals surface area contributed by atoms with Crippen molar-refractivity contribution in [2.45, 2.75) is 24.8 Å². The highest BCUT2D eigenvalue weighted by Gasteiger charge is 2.31. The summed E-state index contributed by atoms with van der Waals surface area (Å²) in [5.74, 6) is 0. The fourth-order valence-corrected chi connectivity index (χ4v) is 1.73. The third-order valence-electron chi connectivity index (χ3n) is 2.38. The molecule has 0 aromatic heterocycles. The van der Waals surface area contributed by atoms with Crippen molar-refractivity contribution in [3.05, 3.63) is 0 Å². The summed E-state index contributed by atoms with van der Waals surface area (Å²) in [6, 6.07) is 0. The molecule has 0 unspecified atom stereocenters. The van der Waals surface area contributed by atoms with E-state index >= 15 is 0 Å². The van der Waals surface area contributed by atoms with Crippen LogP contribution in [0.15, 0.2) is 0 Å². The molecular formula is C8H17FN2. The Hall–Kier alpha value is -0.150. The van der Waals surface area contributed by atoms with E-state index in [1.165, 1.54) is 0 Å². The largest absolute Gasteiger partial charge is 0.324 e. The van der Waals surface area contributed by atoms with E-state index in [9.17, 15) is 4.39 Å². The molecule has 1 rings (SSSR count). The van der Waals surface area contributed by atoms with Crippen molar-refractivity contribution in [1.29, 1.82) is 0 Å². The van der Waals surface area contributed by atoms with E-state index < -0.39 is 0 Å². The first kappa shape index (κ1) is 8.94. The highest BCUT2D eigenvalue weighted by atomic mass is 19.1. The number of rotatable bonds is 3. The second-order valence-electron chi connectivity index (χ2n) is 3.64. The van der Waals surface area contributed by atoms with Gasteiger partial charge in [-0.3, -0.25) is 4.39 Å². The molecule has 1 atom stereocenters. The summed E-state index contributed by atoms with van der Waals surface area (Å²) < 4.78 is 11.8. The van der Waals surface area contributed by atoms with Crippen LogP contribution in [-0.4, -0.2) is 37.3 Å². The Kier molecular flexibility index (Phi) is 2.84. The lowest BCUT2D eigenvalue weighted by Crippen LogP contribution is -2.42. The zero-order chi connectivity index (χ0) is 8.32. The second-order valence-corrected chi connectivity index (χ2v) is 3.64. The van der Waals surface area contributed by atoms with Crippen LogP contribution in [-0.2, 0) is 0 Å². The standard InChI is InChI=1S/C8H17FN2/c1-11-6-4-8(10,7-11)3-2-5-9/h2-7,10H2,1H3/t8-/m0/s1. The van der Waals surface area contributed by atoms with E-state index in [0.717, 1.165) is 25.9 Å². The average molecular weight is 160 g/mol. The quantitative estimate of drug-likeness (QED) is 0.660. The number of halogens is 1. The molecule has 0 aromatic carbocycles. The maximum absolute atomic E-state index is 11.8. The van der Waals surface area contributed by atoms with Crippen LogP contribution in [0.4, 0.5) is 4.39 Å². The van der Waals surface area contributed by atoms with Crippen LogP contribution in [0.3, 0.4) is 0 Å². The molecule has 0 amide bonds. The Balaban J connectivity index is 2.29. The van der Waals surface area contributed by atoms with Gasteiger partial charge < -0.3 is 10.6 Å². The lowest BCUT2D eigenvalue weighted by molar-refractivity contribution is 0.332. The fourth-order valence-electron chi connectivity index (χ4n) is 1.73. The zero-order valence-electron chi connectivity index (χ0n) is 7.15. The summed E-state index contributed by atoms with van der Waals surface area (Å²) >= 11 is 0. The van der Waals surface area contributed by atoms with Crippen LogP contribution < -0.4 is 5.73 Å². The molecule has 1 aliphatic heterocycles. The minimum Gasteiger partial charge on any atom is -0.324 e. The van der Waals surface area contributed by atoms with Crippen LogP contribution in [0.2, 0.25) is 0 Å². The maximum atomic E-state index is 11.8. The summed E-state index contributed by atoms with van der Waals surface area (Å²) in [6.45, 7) is 1.75. The zero-order valence-corrected chi connectivity index (χ0v) is 7.15. The molecule has 11 heavy (non-hydrogen) atoms. The van der Waals surface area contributed by atoms with Gasteiger partial charge in [0.15, 0.2) is 0 Å². The number of alkyl halides is 1. The normalized spacial score (nSPS) is 33.0. The van der Waals surface area contributed by atoms with Gasteiger partial charge in [-0.2, -0.15) is 0 Å². The van der Waals surface area contributed by atoms with Crippen molar-refractivity contribution in [3.8, 4) is 0 Å². The van der Waals surface area contributed by atoms with E-state index in [-0.39, 0.29) is 12.2 Å². The molecule has 0 bridgehead atoms. The summed E-state index contributed by atoms with van der Waals surface area (Å²) in [4.78, 5) is 2.21. The SMILES string of the molecule is CN1CC[C@@](N)(CCCF)C1. The second kappa shape index (κ2) is 3.50. The van der Waals surface area contributed by atoms with E-state index in [1.54, 1.807) is 0 Å². The molecular weight excluding hydrogens is 143 g/mol. The topological polar surface area (TPSA) is 29.3 Å². The van der Waals surface area contributed by atoms with Gasteiger partial charge >= 0.3 is 0 Å². The molecule has 0 spiro atoms. The van der Waals surface area contributed by atoms with Crippen molar-refractivity contribution >= 4 is 0 Å². The van der Waals surface area contributed by atoms with Crippen LogP contribution in [0.5, 0.6) is 0 Å². The number of hydrogen-bond donors (Lipinski definition) is 1. The van der Waals surface area contributed by atoms with Gasteiger partial charge in [0.05, 0.1) is 6.67 Å². The Labute approximate surface area is 67.6 Å². The van der Waals surface area contributed by atoms with Crippen LogP contribution in [0.1, 0.15) is 19.3 Å². The van der Waals surface area contributed by atoms with Crippen molar-refractivity contribution in [2.75, 3.05) is 26.8 Å². The molecule has 0 radical (unpaired) electrons. The number of likely N-dealkylation sites (tertiary alicyclic amines) is 1. The number of nitrogens with two attached hydrogens (primary N) is 1. The molecule has 1 heterocycles. The van der Waals surface area contributed by atoms with Gasteiger partial charge in [0, 0.05) is 12.1 Å². The molecule has 2 nitrogen and oxygen atoms in total. The predicted molar refractivity (Wildman–Crippen MR) is 44.2 cm³/mol. The Bertz CT molecular complexity index is 129.